The number of anilines is 1. The summed E-state index contributed by atoms with van der Waals surface area (Å²) < 4.78 is 18.8. The Kier molecular flexibility index (Phi) is 5.11. The summed E-state index contributed by atoms with van der Waals surface area (Å²) in [6.07, 6.45) is 7.35. The van der Waals surface area contributed by atoms with E-state index in [4.69, 9.17) is 10.5 Å². The van der Waals surface area contributed by atoms with Gasteiger partial charge < -0.3 is 15.5 Å². The van der Waals surface area contributed by atoms with Gasteiger partial charge in [0.15, 0.2) is 0 Å². The van der Waals surface area contributed by atoms with Crippen LogP contribution < -0.4 is 5.73 Å². The van der Waals surface area contributed by atoms with Crippen molar-refractivity contribution < 1.29 is 9.13 Å². The lowest BCUT2D eigenvalue weighted by molar-refractivity contribution is 0.134. The molecule has 0 radical (unpaired) electrons. The van der Waals surface area contributed by atoms with Crippen LogP contribution in [0, 0.1) is 17.7 Å². The molecule has 7 heteroatoms. The number of rotatable bonds is 2. The Hall–Kier alpha value is -2.51. The van der Waals surface area contributed by atoms with Gasteiger partial charge in [0.25, 0.3) is 0 Å². The van der Waals surface area contributed by atoms with Crippen molar-refractivity contribution in [3.05, 3.63) is 53.2 Å². The number of aromatic amines is 1. The monoisotopic (exact) mass is 435 g/mol. The van der Waals surface area contributed by atoms with Gasteiger partial charge in [0.2, 0.25) is 0 Å². The summed E-state index contributed by atoms with van der Waals surface area (Å²) in [4.78, 5) is 14.0. The number of nitrogens with zero attached hydrogens (tertiary/aromatic N) is 3. The number of likely N-dealkylation sites (tertiary alicyclic amines) is 1. The third-order valence-electron chi connectivity index (χ3n) is 7.65. The number of nitrogens with two attached hydrogens (primary N) is 1. The fraction of sp³-hybridized carbons (Fsp3) is 0.520. The van der Waals surface area contributed by atoms with E-state index in [0.717, 1.165) is 48.9 Å². The zero-order valence-corrected chi connectivity index (χ0v) is 18.3. The second kappa shape index (κ2) is 8.12. The lowest BCUT2D eigenvalue weighted by Crippen LogP contribution is -2.38. The maximum atomic E-state index is 13.2. The molecule has 1 saturated carbocycles. The number of halogens is 1. The van der Waals surface area contributed by atoms with Crippen LogP contribution in [0.1, 0.15) is 42.0 Å². The third kappa shape index (κ3) is 3.88. The normalized spacial score (nSPS) is 27.1. The summed E-state index contributed by atoms with van der Waals surface area (Å²) in [5.74, 6) is 2.69. The van der Waals surface area contributed by atoms with Gasteiger partial charge in [0.1, 0.15) is 23.6 Å². The Morgan fingerprint density at radius 1 is 1.03 bits per heavy atom. The lowest BCUT2D eigenvalue weighted by atomic mass is 9.87. The predicted molar refractivity (Wildman–Crippen MR) is 122 cm³/mol. The first-order chi connectivity index (χ1) is 15.6. The van der Waals surface area contributed by atoms with Gasteiger partial charge in [-0.15, -0.1) is 0 Å². The van der Waals surface area contributed by atoms with E-state index < -0.39 is 0 Å². The van der Waals surface area contributed by atoms with Crippen molar-refractivity contribution in [1.29, 1.82) is 0 Å². The van der Waals surface area contributed by atoms with E-state index in [0.29, 0.717) is 17.8 Å². The minimum absolute atomic E-state index is 0.0925. The number of hydrogen-bond donors (Lipinski definition) is 2. The first kappa shape index (κ1) is 20.1. The minimum atomic E-state index is -0.0925. The molecule has 3 unspecified atom stereocenters. The zero-order valence-electron chi connectivity index (χ0n) is 18.3. The molecule has 4 heterocycles. The summed E-state index contributed by atoms with van der Waals surface area (Å²) in [7, 11) is 0. The topological polar surface area (TPSA) is 80.1 Å². The SMILES string of the molecule is Fc1ccc2c(c1)CCC(N1CC3COCC3C1)C2.Nc1ncnc2[nH]c(C3CC3)cc12. The maximum absolute atomic E-state index is 13.2. The van der Waals surface area contributed by atoms with Crippen LogP contribution in [-0.2, 0) is 17.6 Å². The van der Waals surface area contributed by atoms with Gasteiger partial charge in [-0.2, -0.15) is 0 Å². The van der Waals surface area contributed by atoms with Gasteiger partial charge in [-0.05, 0) is 67.3 Å². The molecule has 2 aliphatic carbocycles. The van der Waals surface area contributed by atoms with E-state index in [1.54, 1.807) is 12.1 Å². The highest BCUT2D eigenvalue weighted by Gasteiger charge is 2.40. The molecule has 2 saturated heterocycles. The molecule has 2 aromatic heterocycles. The largest absolute Gasteiger partial charge is 0.383 e. The number of aryl methyl sites for hydroxylation is 1. The Labute approximate surface area is 187 Å². The highest BCUT2D eigenvalue weighted by molar-refractivity contribution is 5.86. The maximum Gasteiger partial charge on any atom is 0.143 e. The molecule has 3 N–H and O–H groups in total. The number of hydrogen-bond acceptors (Lipinski definition) is 5. The van der Waals surface area contributed by atoms with E-state index in [-0.39, 0.29) is 5.82 Å². The molecular weight excluding hydrogens is 405 g/mol. The number of benzene rings is 1. The standard InChI is InChI=1S/C16H20FNO.C9H10N4/c17-15-3-1-12-6-16(4-2-11(12)5-15)18-7-13-9-19-10-14(13)8-18;10-8-6-3-7(5-1-2-5)13-9(6)12-4-11-8/h1,3,5,13-14,16H,2,4,6-10H2;3-5H,1-2H2,(H3,10,11,12,13). The smallest absolute Gasteiger partial charge is 0.143 e. The van der Waals surface area contributed by atoms with Gasteiger partial charge in [0, 0.05) is 36.7 Å². The highest BCUT2D eigenvalue weighted by atomic mass is 19.1. The van der Waals surface area contributed by atoms with Crippen LogP contribution in [0.15, 0.2) is 30.6 Å². The number of nitrogens with one attached hydrogen (secondary N) is 1. The molecule has 1 aromatic carbocycles. The summed E-state index contributed by atoms with van der Waals surface area (Å²) in [6.45, 7) is 4.31. The second-order valence-corrected chi connectivity index (χ2v) is 9.84. The number of fused-ring (bicyclic) bond motifs is 3. The van der Waals surface area contributed by atoms with Crippen molar-refractivity contribution in [2.24, 2.45) is 11.8 Å². The molecule has 0 amide bonds. The van der Waals surface area contributed by atoms with Crippen LogP contribution in [0.3, 0.4) is 0 Å². The van der Waals surface area contributed by atoms with Gasteiger partial charge >= 0.3 is 0 Å². The average Bonchev–Trinajstić information content (AvgIpc) is 3.19. The van der Waals surface area contributed by atoms with E-state index >= 15 is 0 Å². The van der Waals surface area contributed by atoms with Gasteiger partial charge in [0.05, 0.1) is 18.6 Å². The van der Waals surface area contributed by atoms with Crippen molar-refractivity contribution in [1.82, 2.24) is 19.9 Å². The van der Waals surface area contributed by atoms with E-state index in [1.165, 1.54) is 55.5 Å². The van der Waals surface area contributed by atoms with E-state index in [2.05, 4.69) is 25.9 Å². The zero-order chi connectivity index (χ0) is 21.7. The van der Waals surface area contributed by atoms with Crippen molar-refractivity contribution in [2.45, 2.75) is 44.1 Å². The Bertz CT molecular complexity index is 1110. The third-order valence-corrected chi connectivity index (χ3v) is 7.65. The molecular formula is C25H30FN5O. The molecule has 3 fully saturated rings. The van der Waals surface area contributed by atoms with E-state index in [9.17, 15) is 4.39 Å². The number of aromatic nitrogens is 3. The van der Waals surface area contributed by atoms with Crippen LogP contribution in [0.5, 0.6) is 0 Å². The molecule has 2 aliphatic heterocycles. The summed E-state index contributed by atoms with van der Waals surface area (Å²) in [5.41, 5.74) is 10.4. The predicted octanol–water partition coefficient (Wildman–Crippen LogP) is 3.68. The fourth-order valence-corrected chi connectivity index (χ4v) is 5.63. The molecule has 4 aliphatic rings. The number of nitrogen functional groups attached to an aromatic ring is 1. The summed E-state index contributed by atoms with van der Waals surface area (Å²) in [5, 5.41) is 0.949. The van der Waals surface area contributed by atoms with Gasteiger partial charge in [-0.1, -0.05) is 6.07 Å². The quantitative estimate of drug-likeness (QED) is 0.642. The van der Waals surface area contributed by atoms with E-state index in [1.807, 2.05) is 6.07 Å². The van der Waals surface area contributed by atoms with Crippen molar-refractivity contribution in [2.75, 3.05) is 32.0 Å². The molecule has 32 heavy (non-hydrogen) atoms. The van der Waals surface area contributed by atoms with Crippen LogP contribution in [0.2, 0.25) is 0 Å². The number of ether oxygens (including phenoxy) is 1. The van der Waals surface area contributed by atoms with Crippen LogP contribution in [0.4, 0.5) is 10.2 Å². The lowest BCUT2D eigenvalue weighted by Gasteiger charge is -2.33. The Balaban J connectivity index is 0.000000131. The van der Waals surface area contributed by atoms with Gasteiger partial charge in [-0.25, -0.2) is 14.4 Å². The first-order valence-corrected chi connectivity index (χ1v) is 11.8. The average molecular weight is 436 g/mol. The van der Waals surface area contributed by atoms with Crippen molar-refractivity contribution >= 4 is 16.9 Å². The number of H-pyrrole nitrogens is 1. The van der Waals surface area contributed by atoms with Gasteiger partial charge in [-0.3, -0.25) is 4.90 Å². The van der Waals surface area contributed by atoms with Crippen LogP contribution >= 0.6 is 0 Å². The molecule has 3 atom stereocenters. The van der Waals surface area contributed by atoms with Crippen molar-refractivity contribution in [3.63, 3.8) is 0 Å². The first-order valence-electron chi connectivity index (χ1n) is 11.8. The molecule has 168 valence electrons. The summed E-state index contributed by atoms with van der Waals surface area (Å²) in [6, 6.07) is 8.04. The minimum Gasteiger partial charge on any atom is -0.383 e. The molecule has 0 spiro atoms. The van der Waals surface area contributed by atoms with Crippen LogP contribution in [0.25, 0.3) is 11.0 Å². The molecule has 6 nitrogen and oxygen atoms in total. The molecule has 3 aromatic rings. The molecule has 7 rings (SSSR count). The fourth-order valence-electron chi connectivity index (χ4n) is 5.63. The highest BCUT2D eigenvalue weighted by Crippen LogP contribution is 2.40. The van der Waals surface area contributed by atoms with Crippen LogP contribution in [-0.4, -0.2) is 52.2 Å². The van der Waals surface area contributed by atoms with Crippen molar-refractivity contribution in [3.8, 4) is 0 Å². The Morgan fingerprint density at radius 3 is 2.59 bits per heavy atom. The second-order valence-electron chi connectivity index (χ2n) is 9.84. The Morgan fingerprint density at radius 2 is 1.84 bits per heavy atom. The summed E-state index contributed by atoms with van der Waals surface area (Å²) >= 11 is 0. The molecule has 0 bridgehead atoms.